The zero-order valence-corrected chi connectivity index (χ0v) is 13.8. The van der Waals surface area contributed by atoms with Crippen molar-refractivity contribution in [2.75, 3.05) is 6.54 Å². The van der Waals surface area contributed by atoms with Crippen LogP contribution in [-0.2, 0) is 16.6 Å². The van der Waals surface area contributed by atoms with Crippen molar-refractivity contribution in [2.24, 2.45) is 5.92 Å². The third-order valence-electron chi connectivity index (χ3n) is 3.15. The van der Waals surface area contributed by atoms with Gasteiger partial charge in [0.25, 0.3) is 0 Å². The molecule has 1 rings (SSSR count). The number of rotatable bonds is 6. The topological polar surface area (TPSA) is 66.4 Å². The average Bonchev–Trinajstić information content (AvgIpc) is 2.38. The highest BCUT2D eigenvalue weighted by atomic mass is 79.9. The van der Waals surface area contributed by atoms with E-state index in [2.05, 4.69) is 20.7 Å². The third kappa shape index (κ3) is 4.27. The van der Waals surface area contributed by atoms with E-state index in [0.29, 0.717) is 28.1 Å². The molecule has 0 heterocycles. The highest BCUT2D eigenvalue weighted by molar-refractivity contribution is 9.10. The molecule has 1 atom stereocenters. The lowest BCUT2D eigenvalue weighted by atomic mass is 10.1. The van der Waals surface area contributed by atoms with Gasteiger partial charge in [-0.05, 0) is 36.1 Å². The predicted molar refractivity (Wildman–Crippen MR) is 79.4 cm³/mol. The molecule has 108 valence electrons. The molecule has 0 saturated heterocycles. The summed E-state index contributed by atoms with van der Waals surface area (Å²) in [6, 6.07) is 3.24. The first-order valence-corrected chi connectivity index (χ1v) is 8.49. The third-order valence-corrected chi connectivity index (χ3v) is 5.52. The molecular weight excluding hydrogens is 330 g/mol. The first kappa shape index (κ1) is 16.6. The summed E-state index contributed by atoms with van der Waals surface area (Å²) in [5.41, 5.74) is 1.22. The van der Waals surface area contributed by atoms with Crippen molar-refractivity contribution in [1.82, 2.24) is 4.72 Å². The molecule has 0 aliphatic carbocycles. The molecule has 0 spiro atoms. The van der Waals surface area contributed by atoms with Gasteiger partial charge in [0.05, 0.1) is 11.5 Å². The SMILES string of the molecule is CCC(C)CNS(=O)(=O)c1cc(CO)cc(Br)c1C. The van der Waals surface area contributed by atoms with Gasteiger partial charge < -0.3 is 5.11 Å². The van der Waals surface area contributed by atoms with Gasteiger partial charge in [-0.25, -0.2) is 13.1 Å². The number of aliphatic hydroxyl groups excluding tert-OH is 1. The van der Waals surface area contributed by atoms with E-state index in [4.69, 9.17) is 5.11 Å². The van der Waals surface area contributed by atoms with Gasteiger partial charge in [0.2, 0.25) is 10.0 Å². The van der Waals surface area contributed by atoms with Gasteiger partial charge in [-0.3, -0.25) is 0 Å². The number of benzene rings is 1. The van der Waals surface area contributed by atoms with Crippen molar-refractivity contribution in [3.05, 3.63) is 27.7 Å². The minimum Gasteiger partial charge on any atom is -0.392 e. The first-order valence-electron chi connectivity index (χ1n) is 6.21. The fourth-order valence-corrected chi connectivity index (χ4v) is 3.67. The number of aliphatic hydroxyl groups is 1. The van der Waals surface area contributed by atoms with Crippen LogP contribution < -0.4 is 4.72 Å². The van der Waals surface area contributed by atoms with Gasteiger partial charge in [0, 0.05) is 11.0 Å². The highest BCUT2D eigenvalue weighted by Gasteiger charge is 2.19. The van der Waals surface area contributed by atoms with E-state index in [9.17, 15) is 8.42 Å². The van der Waals surface area contributed by atoms with Crippen LogP contribution in [0.4, 0.5) is 0 Å². The van der Waals surface area contributed by atoms with E-state index in [-0.39, 0.29) is 11.5 Å². The molecule has 6 heteroatoms. The summed E-state index contributed by atoms with van der Waals surface area (Å²) in [5, 5.41) is 9.16. The molecular formula is C13H20BrNO3S. The van der Waals surface area contributed by atoms with E-state index >= 15 is 0 Å². The van der Waals surface area contributed by atoms with E-state index in [1.165, 1.54) is 6.07 Å². The fraction of sp³-hybridized carbons (Fsp3) is 0.538. The molecule has 4 nitrogen and oxygen atoms in total. The van der Waals surface area contributed by atoms with Gasteiger partial charge in [0.1, 0.15) is 0 Å². The Kier molecular flexibility index (Phi) is 5.98. The van der Waals surface area contributed by atoms with Gasteiger partial charge >= 0.3 is 0 Å². The Bertz CT molecular complexity index is 543. The second kappa shape index (κ2) is 6.83. The lowest BCUT2D eigenvalue weighted by molar-refractivity contribution is 0.281. The van der Waals surface area contributed by atoms with Crippen LogP contribution in [0, 0.1) is 12.8 Å². The molecule has 19 heavy (non-hydrogen) atoms. The molecule has 1 unspecified atom stereocenters. The maximum absolute atomic E-state index is 12.3. The summed E-state index contributed by atoms with van der Waals surface area (Å²) in [6.07, 6.45) is 0.919. The Morgan fingerprint density at radius 3 is 2.58 bits per heavy atom. The van der Waals surface area contributed by atoms with Gasteiger partial charge in [-0.2, -0.15) is 0 Å². The van der Waals surface area contributed by atoms with E-state index < -0.39 is 10.0 Å². The molecule has 0 aliphatic rings. The predicted octanol–water partition coefficient (Wildman–Crippen LogP) is 2.57. The van der Waals surface area contributed by atoms with Crippen LogP contribution in [0.3, 0.4) is 0 Å². The van der Waals surface area contributed by atoms with Gasteiger partial charge in [0.15, 0.2) is 0 Å². The largest absolute Gasteiger partial charge is 0.392 e. The summed E-state index contributed by atoms with van der Waals surface area (Å²) in [6.45, 7) is 5.98. The molecule has 2 N–H and O–H groups in total. The van der Waals surface area contributed by atoms with Crippen molar-refractivity contribution in [2.45, 2.75) is 38.7 Å². The maximum Gasteiger partial charge on any atom is 0.240 e. The van der Waals surface area contributed by atoms with E-state index in [1.54, 1.807) is 13.0 Å². The van der Waals surface area contributed by atoms with Crippen LogP contribution in [0.25, 0.3) is 0 Å². The summed E-state index contributed by atoms with van der Waals surface area (Å²) >= 11 is 3.32. The molecule has 0 radical (unpaired) electrons. The normalized spacial score (nSPS) is 13.5. The van der Waals surface area contributed by atoms with Gasteiger partial charge in [-0.1, -0.05) is 36.2 Å². The van der Waals surface area contributed by atoms with Crippen molar-refractivity contribution in [3.63, 3.8) is 0 Å². The number of hydrogen-bond acceptors (Lipinski definition) is 3. The van der Waals surface area contributed by atoms with Crippen molar-refractivity contribution >= 4 is 26.0 Å². The number of sulfonamides is 1. The summed E-state index contributed by atoms with van der Waals surface area (Å²) in [5.74, 6) is 0.291. The smallest absolute Gasteiger partial charge is 0.240 e. The van der Waals surface area contributed by atoms with Crippen LogP contribution >= 0.6 is 15.9 Å². The molecule has 0 saturated carbocycles. The van der Waals surface area contributed by atoms with Crippen LogP contribution in [0.1, 0.15) is 31.4 Å². The van der Waals surface area contributed by atoms with E-state index in [1.807, 2.05) is 13.8 Å². The minimum atomic E-state index is -3.54. The zero-order chi connectivity index (χ0) is 14.6. The Morgan fingerprint density at radius 1 is 1.42 bits per heavy atom. The standard InChI is InChI=1S/C13H20BrNO3S/c1-4-9(2)7-15-19(17,18)13-6-11(8-16)5-12(14)10(13)3/h5-6,9,15-16H,4,7-8H2,1-3H3. The summed E-state index contributed by atoms with van der Waals surface area (Å²) < 4.78 is 27.9. The molecule has 1 aromatic carbocycles. The van der Waals surface area contributed by atoms with Crippen LogP contribution in [0.2, 0.25) is 0 Å². The highest BCUT2D eigenvalue weighted by Crippen LogP contribution is 2.25. The Labute approximate surface area is 123 Å². The molecule has 0 bridgehead atoms. The summed E-state index contributed by atoms with van der Waals surface area (Å²) in [7, 11) is -3.54. The monoisotopic (exact) mass is 349 g/mol. The molecule has 0 aromatic heterocycles. The van der Waals surface area contributed by atoms with E-state index in [0.717, 1.165) is 6.42 Å². The number of hydrogen-bond donors (Lipinski definition) is 2. The Hall–Kier alpha value is -0.430. The lowest BCUT2D eigenvalue weighted by Gasteiger charge is -2.14. The minimum absolute atomic E-state index is 0.188. The lowest BCUT2D eigenvalue weighted by Crippen LogP contribution is -2.29. The number of nitrogens with one attached hydrogen (secondary N) is 1. The average molecular weight is 350 g/mol. The van der Waals surface area contributed by atoms with Crippen LogP contribution in [-0.4, -0.2) is 20.1 Å². The Morgan fingerprint density at radius 2 is 2.05 bits per heavy atom. The second-order valence-corrected chi connectivity index (χ2v) is 7.31. The fourth-order valence-electron chi connectivity index (χ4n) is 1.55. The zero-order valence-electron chi connectivity index (χ0n) is 11.4. The van der Waals surface area contributed by atoms with Gasteiger partial charge in [-0.15, -0.1) is 0 Å². The first-order chi connectivity index (χ1) is 8.81. The molecule has 0 amide bonds. The molecule has 0 aliphatic heterocycles. The van der Waals surface area contributed by atoms with Crippen molar-refractivity contribution in [3.8, 4) is 0 Å². The van der Waals surface area contributed by atoms with Crippen molar-refractivity contribution < 1.29 is 13.5 Å². The second-order valence-electron chi connectivity index (χ2n) is 4.72. The quantitative estimate of drug-likeness (QED) is 0.829. The Balaban J connectivity index is 3.10. The van der Waals surface area contributed by atoms with Crippen molar-refractivity contribution in [1.29, 1.82) is 0 Å². The van der Waals surface area contributed by atoms with Crippen LogP contribution in [0.15, 0.2) is 21.5 Å². The maximum atomic E-state index is 12.3. The molecule has 0 fully saturated rings. The van der Waals surface area contributed by atoms with Crippen LogP contribution in [0.5, 0.6) is 0 Å². The number of halogens is 1. The molecule has 1 aromatic rings. The summed E-state index contributed by atoms with van der Waals surface area (Å²) in [4.78, 5) is 0.217.